The number of rotatable bonds is 4. The lowest BCUT2D eigenvalue weighted by atomic mass is 9.92. The van der Waals surface area contributed by atoms with Gasteiger partial charge in [0.2, 0.25) is 0 Å². The van der Waals surface area contributed by atoms with Crippen molar-refractivity contribution in [2.75, 3.05) is 20.6 Å². The number of amides is 2. The fourth-order valence-corrected chi connectivity index (χ4v) is 2.52. The Bertz CT molecular complexity index is 335. The van der Waals surface area contributed by atoms with Crippen LogP contribution in [0.15, 0.2) is 0 Å². The highest BCUT2D eigenvalue weighted by Gasteiger charge is 2.31. The maximum atomic E-state index is 12.2. The molecule has 0 saturated heterocycles. The van der Waals surface area contributed by atoms with Gasteiger partial charge in [0.25, 0.3) is 0 Å². The molecule has 0 heterocycles. The second-order valence-corrected chi connectivity index (χ2v) is 5.43. The minimum atomic E-state index is -0.917. The molecule has 0 aliphatic heterocycles. The number of hydrogen-bond donors (Lipinski definition) is 2. The normalized spacial score (nSPS) is 24.6. The van der Waals surface area contributed by atoms with Gasteiger partial charge in [0.1, 0.15) is 0 Å². The van der Waals surface area contributed by atoms with Crippen molar-refractivity contribution in [3.8, 4) is 0 Å². The van der Waals surface area contributed by atoms with Gasteiger partial charge in [0.15, 0.2) is 0 Å². The fraction of sp³-hybridized carbons (Fsp3) is 0.846. The first-order valence-electron chi connectivity index (χ1n) is 6.73. The molecule has 110 valence electrons. The van der Waals surface area contributed by atoms with E-state index in [9.17, 15) is 14.7 Å². The monoisotopic (exact) mass is 272 g/mol. The van der Waals surface area contributed by atoms with Gasteiger partial charge in [0, 0.05) is 20.6 Å². The standard InChI is InChI=1S/C13H24N2O4/c1-9(12(17)18)8-14(2)13(19)15(3)10-6-4-5-7-11(10)16/h9-11,16H,4-8H2,1-3H3,(H,17,18). The van der Waals surface area contributed by atoms with E-state index in [-0.39, 0.29) is 18.6 Å². The average molecular weight is 272 g/mol. The molecule has 2 amide bonds. The topological polar surface area (TPSA) is 81.1 Å². The van der Waals surface area contributed by atoms with Crippen LogP contribution in [-0.4, -0.2) is 64.8 Å². The summed E-state index contributed by atoms with van der Waals surface area (Å²) in [6, 6.07) is -0.400. The van der Waals surface area contributed by atoms with Gasteiger partial charge in [-0.05, 0) is 12.8 Å². The first kappa shape index (κ1) is 15.8. The van der Waals surface area contributed by atoms with Crippen LogP contribution in [0.1, 0.15) is 32.6 Å². The molecule has 1 aliphatic carbocycles. The quantitative estimate of drug-likeness (QED) is 0.800. The van der Waals surface area contributed by atoms with Crippen LogP contribution in [-0.2, 0) is 4.79 Å². The maximum Gasteiger partial charge on any atom is 0.319 e. The molecule has 1 rings (SSSR count). The first-order valence-corrected chi connectivity index (χ1v) is 6.73. The Morgan fingerprint density at radius 2 is 1.84 bits per heavy atom. The Balaban J connectivity index is 2.57. The number of nitrogens with zero attached hydrogens (tertiary/aromatic N) is 2. The Hall–Kier alpha value is -1.30. The molecule has 1 saturated carbocycles. The van der Waals surface area contributed by atoms with E-state index >= 15 is 0 Å². The summed E-state index contributed by atoms with van der Waals surface area (Å²) in [5.74, 6) is -1.52. The molecule has 3 atom stereocenters. The Kier molecular flexibility index (Phi) is 5.60. The minimum Gasteiger partial charge on any atom is -0.481 e. The highest BCUT2D eigenvalue weighted by molar-refractivity contribution is 5.76. The summed E-state index contributed by atoms with van der Waals surface area (Å²) in [7, 11) is 3.26. The molecule has 19 heavy (non-hydrogen) atoms. The van der Waals surface area contributed by atoms with Crippen molar-refractivity contribution in [2.45, 2.75) is 44.8 Å². The van der Waals surface area contributed by atoms with Crippen molar-refractivity contribution in [1.29, 1.82) is 0 Å². The number of hydrogen-bond acceptors (Lipinski definition) is 3. The van der Waals surface area contributed by atoms with E-state index < -0.39 is 18.0 Å². The van der Waals surface area contributed by atoms with Crippen LogP contribution in [0.2, 0.25) is 0 Å². The van der Waals surface area contributed by atoms with E-state index in [1.807, 2.05) is 0 Å². The molecule has 0 aromatic carbocycles. The van der Waals surface area contributed by atoms with E-state index in [4.69, 9.17) is 5.11 Å². The molecule has 0 radical (unpaired) electrons. The Morgan fingerprint density at radius 3 is 2.37 bits per heavy atom. The van der Waals surface area contributed by atoms with Crippen molar-refractivity contribution >= 4 is 12.0 Å². The van der Waals surface area contributed by atoms with Crippen molar-refractivity contribution in [1.82, 2.24) is 9.80 Å². The van der Waals surface area contributed by atoms with Crippen molar-refractivity contribution in [3.05, 3.63) is 0 Å². The molecule has 0 spiro atoms. The van der Waals surface area contributed by atoms with Gasteiger partial charge < -0.3 is 20.0 Å². The number of aliphatic hydroxyl groups excluding tert-OH is 1. The number of carbonyl (C=O) groups excluding carboxylic acids is 1. The third-order valence-electron chi connectivity index (χ3n) is 3.79. The number of aliphatic hydroxyl groups is 1. The number of carboxylic acid groups (broad SMARTS) is 1. The van der Waals surface area contributed by atoms with Crippen LogP contribution in [0.25, 0.3) is 0 Å². The van der Waals surface area contributed by atoms with E-state index in [1.165, 1.54) is 4.90 Å². The number of carbonyl (C=O) groups is 2. The number of urea groups is 1. The van der Waals surface area contributed by atoms with Crippen LogP contribution in [0, 0.1) is 5.92 Å². The van der Waals surface area contributed by atoms with Crippen LogP contribution in [0.5, 0.6) is 0 Å². The van der Waals surface area contributed by atoms with Gasteiger partial charge in [0.05, 0.1) is 18.1 Å². The van der Waals surface area contributed by atoms with E-state index in [0.29, 0.717) is 0 Å². The summed E-state index contributed by atoms with van der Waals surface area (Å²) in [5, 5.41) is 18.8. The lowest BCUT2D eigenvalue weighted by Crippen LogP contribution is -2.51. The fourth-order valence-electron chi connectivity index (χ4n) is 2.52. The molecule has 2 N–H and O–H groups in total. The summed E-state index contributed by atoms with van der Waals surface area (Å²) in [5.41, 5.74) is 0. The van der Waals surface area contributed by atoms with Crippen LogP contribution >= 0.6 is 0 Å². The molecule has 0 aromatic rings. The predicted octanol–water partition coefficient (Wildman–Crippen LogP) is 0.994. The summed E-state index contributed by atoms with van der Waals surface area (Å²) in [6.07, 6.45) is 3.04. The third-order valence-corrected chi connectivity index (χ3v) is 3.79. The molecule has 0 aromatic heterocycles. The minimum absolute atomic E-state index is 0.163. The SMILES string of the molecule is CC(CN(C)C(=O)N(C)C1CCCCC1O)C(=O)O. The van der Waals surface area contributed by atoms with Gasteiger partial charge in [-0.15, -0.1) is 0 Å². The summed E-state index contributed by atoms with van der Waals surface area (Å²) >= 11 is 0. The maximum absolute atomic E-state index is 12.2. The largest absolute Gasteiger partial charge is 0.481 e. The van der Waals surface area contributed by atoms with Crippen LogP contribution in [0.3, 0.4) is 0 Å². The summed E-state index contributed by atoms with van der Waals surface area (Å²) in [4.78, 5) is 25.9. The molecule has 6 nitrogen and oxygen atoms in total. The van der Waals surface area contributed by atoms with Gasteiger partial charge in [-0.1, -0.05) is 19.8 Å². The predicted molar refractivity (Wildman–Crippen MR) is 70.9 cm³/mol. The highest BCUT2D eigenvalue weighted by Crippen LogP contribution is 2.23. The highest BCUT2D eigenvalue weighted by atomic mass is 16.4. The zero-order valence-corrected chi connectivity index (χ0v) is 11.9. The zero-order valence-electron chi connectivity index (χ0n) is 11.9. The van der Waals surface area contributed by atoms with Gasteiger partial charge >= 0.3 is 12.0 Å². The second-order valence-electron chi connectivity index (χ2n) is 5.43. The van der Waals surface area contributed by atoms with Crippen molar-refractivity contribution in [2.24, 2.45) is 5.92 Å². The molecule has 0 bridgehead atoms. The molecule has 1 aliphatic rings. The van der Waals surface area contributed by atoms with Crippen LogP contribution < -0.4 is 0 Å². The molecular weight excluding hydrogens is 248 g/mol. The average Bonchev–Trinajstić information content (AvgIpc) is 2.37. The molecule has 6 heteroatoms. The summed E-state index contributed by atoms with van der Waals surface area (Å²) < 4.78 is 0. The van der Waals surface area contributed by atoms with E-state index in [1.54, 1.807) is 25.9 Å². The Labute approximate surface area is 114 Å². The molecule has 1 fully saturated rings. The van der Waals surface area contributed by atoms with Gasteiger partial charge in [-0.2, -0.15) is 0 Å². The van der Waals surface area contributed by atoms with E-state index in [2.05, 4.69) is 0 Å². The molecular formula is C13H24N2O4. The second kappa shape index (κ2) is 6.75. The number of carboxylic acids is 1. The van der Waals surface area contributed by atoms with E-state index in [0.717, 1.165) is 25.7 Å². The lowest BCUT2D eigenvalue weighted by Gasteiger charge is -2.37. The molecule has 3 unspecified atom stereocenters. The van der Waals surface area contributed by atoms with Crippen LogP contribution in [0.4, 0.5) is 4.79 Å². The van der Waals surface area contributed by atoms with Gasteiger partial charge in [-0.3, -0.25) is 4.79 Å². The Morgan fingerprint density at radius 1 is 1.26 bits per heavy atom. The van der Waals surface area contributed by atoms with Crippen molar-refractivity contribution < 1.29 is 19.8 Å². The van der Waals surface area contributed by atoms with Gasteiger partial charge in [-0.25, -0.2) is 4.79 Å². The number of aliphatic carboxylic acids is 1. The smallest absolute Gasteiger partial charge is 0.319 e. The lowest BCUT2D eigenvalue weighted by molar-refractivity contribution is -0.141. The van der Waals surface area contributed by atoms with Crippen molar-refractivity contribution in [3.63, 3.8) is 0 Å². The third kappa shape index (κ3) is 4.09. The number of likely N-dealkylation sites (N-methyl/N-ethyl adjacent to an activating group) is 1. The summed E-state index contributed by atoms with van der Waals surface area (Å²) in [6.45, 7) is 1.74. The zero-order chi connectivity index (χ0) is 14.6. The first-order chi connectivity index (χ1) is 8.84.